The van der Waals surface area contributed by atoms with Crippen LogP contribution in [0.3, 0.4) is 0 Å². The molecular formula is C28H40N2O4S. The van der Waals surface area contributed by atoms with Crippen LogP contribution in [-0.4, -0.2) is 52.1 Å². The number of thioether (sulfide) groups is 1. The molecule has 7 heteroatoms. The first-order chi connectivity index (χ1) is 17.0. The molecule has 35 heavy (non-hydrogen) atoms. The van der Waals surface area contributed by atoms with E-state index in [2.05, 4.69) is 16.6 Å². The van der Waals surface area contributed by atoms with Crippen LogP contribution in [0.15, 0.2) is 35.2 Å². The molecule has 0 aromatic heterocycles. The second kappa shape index (κ2) is 14.5. The van der Waals surface area contributed by atoms with Gasteiger partial charge in [0.2, 0.25) is 11.8 Å². The standard InChI is InChI=1S/C28H40N2O4S/c1-2-9-25(31)27(33)23(18-20-10-5-3-6-11-20)30-28(34)24(19-21-14-15-21)29-26(32)16-17-35-22-12-7-4-8-13-22/h1,4,7-8,12-13,20-21,23-25,27,31,33H,3,5-6,9-11,14-19H2,(H,29,32)(H,30,34)/t23-,24-,25-,27+/m0/s1. The van der Waals surface area contributed by atoms with Crippen LogP contribution in [-0.2, 0) is 9.59 Å². The minimum Gasteiger partial charge on any atom is -0.389 e. The molecule has 2 aliphatic carbocycles. The lowest BCUT2D eigenvalue weighted by Crippen LogP contribution is -2.55. The van der Waals surface area contributed by atoms with Gasteiger partial charge in [-0.05, 0) is 36.8 Å². The monoisotopic (exact) mass is 500 g/mol. The summed E-state index contributed by atoms with van der Waals surface area (Å²) in [5.41, 5.74) is 0. The zero-order valence-corrected chi connectivity index (χ0v) is 21.3. The van der Waals surface area contributed by atoms with Crippen LogP contribution >= 0.6 is 11.8 Å². The molecule has 1 aromatic rings. The normalized spacial score (nSPS) is 19.7. The highest BCUT2D eigenvalue weighted by molar-refractivity contribution is 7.99. The van der Waals surface area contributed by atoms with Crippen molar-refractivity contribution in [3.05, 3.63) is 30.3 Å². The van der Waals surface area contributed by atoms with Gasteiger partial charge in [-0.1, -0.05) is 63.1 Å². The van der Waals surface area contributed by atoms with E-state index < -0.39 is 24.3 Å². The molecule has 2 fully saturated rings. The quantitative estimate of drug-likeness (QED) is 0.231. The van der Waals surface area contributed by atoms with Gasteiger partial charge in [0.1, 0.15) is 12.1 Å². The summed E-state index contributed by atoms with van der Waals surface area (Å²) >= 11 is 1.61. The average Bonchev–Trinajstić information content (AvgIpc) is 3.68. The Morgan fingerprint density at radius 1 is 1.00 bits per heavy atom. The van der Waals surface area contributed by atoms with Gasteiger partial charge in [0.15, 0.2) is 0 Å². The number of carbonyl (C=O) groups is 2. The SMILES string of the molecule is C#CC[C@H](O)[C@H](O)[C@H](CC1CCCCC1)NC(=O)[C@H](CC1CC1)NC(=O)CCSc1ccccc1. The molecule has 0 radical (unpaired) electrons. The smallest absolute Gasteiger partial charge is 0.242 e. The van der Waals surface area contributed by atoms with Crippen molar-refractivity contribution in [3.63, 3.8) is 0 Å². The van der Waals surface area contributed by atoms with Gasteiger partial charge in [-0.3, -0.25) is 9.59 Å². The third kappa shape index (κ3) is 9.87. The Labute approximate surface area is 214 Å². The van der Waals surface area contributed by atoms with Crippen molar-refractivity contribution in [3.8, 4) is 12.3 Å². The molecule has 6 nitrogen and oxygen atoms in total. The molecule has 0 heterocycles. The fourth-order valence-electron chi connectivity index (χ4n) is 4.82. The maximum Gasteiger partial charge on any atom is 0.242 e. The molecule has 1 aromatic carbocycles. The van der Waals surface area contributed by atoms with Crippen molar-refractivity contribution in [1.29, 1.82) is 0 Å². The van der Waals surface area contributed by atoms with E-state index in [9.17, 15) is 19.8 Å². The Bertz CT molecular complexity index is 833. The molecule has 2 aliphatic rings. The maximum atomic E-state index is 13.3. The van der Waals surface area contributed by atoms with Crippen LogP contribution in [0.1, 0.15) is 70.6 Å². The third-order valence-electron chi connectivity index (χ3n) is 7.03. The largest absolute Gasteiger partial charge is 0.389 e. The number of nitrogens with one attached hydrogen (secondary N) is 2. The number of hydrogen-bond donors (Lipinski definition) is 4. The molecule has 3 rings (SSSR count). The Kier molecular flexibility index (Phi) is 11.4. The van der Waals surface area contributed by atoms with Gasteiger partial charge in [-0.2, -0.15) is 0 Å². The Morgan fingerprint density at radius 2 is 1.69 bits per heavy atom. The molecule has 2 amide bonds. The summed E-state index contributed by atoms with van der Waals surface area (Å²) < 4.78 is 0. The molecular weight excluding hydrogens is 460 g/mol. The Hall–Kier alpha value is -2.01. The lowest BCUT2D eigenvalue weighted by atomic mass is 9.82. The predicted octanol–water partition coefficient (Wildman–Crippen LogP) is 3.65. The van der Waals surface area contributed by atoms with Crippen molar-refractivity contribution < 1.29 is 19.8 Å². The van der Waals surface area contributed by atoms with Gasteiger partial charge in [0.05, 0.1) is 12.1 Å². The number of hydrogen-bond acceptors (Lipinski definition) is 5. The van der Waals surface area contributed by atoms with Crippen LogP contribution in [0.4, 0.5) is 0 Å². The van der Waals surface area contributed by atoms with E-state index in [0.29, 0.717) is 36.9 Å². The molecule has 4 N–H and O–H groups in total. The van der Waals surface area contributed by atoms with Crippen LogP contribution in [0.5, 0.6) is 0 Å². The highest BCUT2D eigenvalue weighted by atomic mass is 32.2. The van der Waals surface area contributed by atoms with E-state index in [1.807, 2.05) is 30.3 Å². The molecule has 192 valence electrons. The van der Waals surface area contributed by atoms with Crippen molar-refractivity contribution in [2.75, 3.05) is 5.75 Å². The van der Waals surface area contributed by atoms with Crippen molar-refractivity contribution in [2.45, 2.75) is 99.8 Å². The minimum atomic E-state index is -1.14. The summed E-state index contributed by atoms with van der Waals surface area (Å²) in [6.45, 7) is 0. The van der Waals surface area contributed by atoms with E-state index >= 15 is 0 Å². The first kappa shape index (κ1) is 27.6. The summed E-state index contributed by atoms with van der Waals surface area (Å²) in [4.78, 5) is 27.1. The van der Waals surface area contributed by atoms with E-state index in [0.717, 1.165) is 43.4 Å². The van der Waals surface area contributed by atoms with Crippen LogP contribution in [0, 0.1) is 24.2 Å². The highest BCUT2D eigenvalue weighted by Gasteiger charge is 2.35. The summed E-state index contributed by atoms with van der Waals surface area (Å²) in [7, 11) is 0. The van der Waals surface area contributed by atoms with Gasteiger partial charge >= 0.3 is 0 Å². The lowest BCUT2D eigenvalue weighted by molar-refractivity contribution is -0.130. The van der Waals surface area contributed by atoms with E-state index in [1.165, 1.54) is 6.42 Å². The van der Waals surface area contributed by atoms with Crippen molar-refractivity contribution >= 4 is 23.6 Å². The number of terminal acetylenes is 1. The van der Waals surface area contributed by atoms with E-state index in [4.69, 9.17) is 6.42 Å². The van der Waals surface area contributed by atoms with Crippen molar-refractivity contribution in [2.24, 2.45) is 11.8 Å². The number of rotatable bonds is 14. The third-order valence-corrected chi connectivity index (χ3v) is 8.05. The molecule has 2 saturated carbocycles. The van der Waals surface area contributed by atoms with E-state index in [1.54, 1.807) is 11.8 Å². The lowest BCUT2D eigenvalue weighted by Gasteiger charge is -2.33. The minimum absolute atomic E-state index is 0.0273. The second-order valence-corrected chi connectivity index (χ2v) is 11.2. The average molecular weight is 501 g/mol. The summed E-state index contributed by atoms with van der Waals surface area (Å²) in [5.74, 6) is 3.44. The highest BCUT2D eigenvalue weighted by Crippen LogP contribution is 2.34. The second-order valence-electron chi connectivity index (χ2n) is 10.0. The fourth-order valence-corrected chi connectivity index (χ4v) is 5.69. The van der Waals surface area contributed by atoms with Gasteiger partial charge in [0, 0.05) is 23.5 Å². The summed E-state index contributed by atoms with van der Waals surface area (Å²) in [6, 6.07) is 8.69. The first-order valence-electron chi connectivity index (χ1n) is 13.0. The molecule has 0 spiro atoms. The van der Waals surface area contributed by atoms with E-state index in [-0.39, 0.29) is 18.2 Å². The number of amides is 2. The Morgan fingerprint density at radius 3 is 2.34 bits per heavy atom. The van der Waals surface area contributed by atoms with Crippen LogP contribution in [0.2, 0.25) is 0 Å². The summed E-state index contributed by atoms with van der Waals surface area (Å²) in [5, 5.41) is 27.1. The van der Waals surface area contributed by atoms with Crippen LogP contribution in [0.25, 0.3) is 0 Å². The zero-order valence-electron chi connectivity index (χ0n) is 20.5. The molecule has 0 aliphatic heterocycles. The fraction of sp³-hybridized carbons (Fsp3) is 0.643. The molecule has 0 unspecified atom stereocenters. The Balaban J connectivity index is 1.58. The zero-order chi connectivity index (χ0) is 25.0. The molecule has 0 bridgehead atoms. The summed E-state index contributed by atoms with van der Waals surface area (Å²) in [6.07, 6.45) is 12.4. The molecule has 0 saturated heterocycles. The van der Waals surface area contributed by atoms with Crippen molar-refractivity contribution in [1.82, 2.24) is 10.6 Å². The topological polar surface area (TPSA) is 98.7 Å². The van der Waals surface area contributed by atoms with Gasteiger partial charge in [-0.15, -0.1) is 24.1 Å². The first-order valence-corrected chi connectivity index (χ1v) is 14.0. The predicted molar refractivity (Wildman–Crippen MR) is 140 cm³/mol. The van der Waals surface area contributed by atoms with Gasteiger partial charge in [-0.25, -0.2) is 0 Å². The molecule has 4 atom stereocenters. The number of carbonyl (C=O) groups excluding carboxylic acids is 2. The number of aliphatic hydroxyl groups is 2. The maximum absolute atomic E-state index is 13.3. The van der Waals surface area contributed by atoms with Gasteiger partial charge < -0.3 is 20.8 Å². The van der Waals surface area contributed by atoms with Gasteiger partial charge in [0.25, 0.3) is 0 Å². The number of benzene rings is 1. The number of aliphatic hydroxyl groups excluding tert-OH is 2. The van der Waals surface area contributed by atoms with Crippen LogP contribution < -0.4 is 10.6 Å².